The first-order valence-electron chi connectivity index (χ1n) is 7.42. The minimum Gasteiger partial charge on any atom is -0.490 e. The lowest BCUT2D eigenvalue weighted by molar-refractivity contribution is -0.138. The van der Waals surface area contributed by atoms with E-state index in [-0.39, 0.29) is 49.1 Å². The van der Waals surface area contributed by atoms with Crippen molar-refractivity contribution in [3.63, 3.8) is 0 Å². The Bertz CT molecular complexity index is 762. The molecule has 1 saturated heterocycles. The summed E-state index contributed by atoms with van der Waals surface area (Å²) in [6, 6.07) is 6.24. The number of pyridine rings is 1. The van der Waals surface area contributed by atoms with Gasteiger partial charge in [-0.3, -0.25) is 19.5 Å². The van der Waals surface area contributed by atoms with Crippen LogP contribution >= 0.6 is 0 Å². The van der Waals surface area contributed by atoms with Crippen LogP contribution < -0.4 is 4.74 Å². The van der Waals surface area contributed by atoms with Crippen molar-refractivity contribution in [2.24, 2.45) is 0 Å². The Hall–Kier alpha value is -2.83. The number of likely N-dealkylation sites (tertiary alicyclic amines) is 1. The highest BCUT2D eigenvalue weighted by molar-refractivity contribution is 6.01. The van der Waals surface area contributed by atoms with Gasteiger partial charge < -0.3 is 4.74 Å². The summed E-state index contributed by atoms with van der Waals surface area (Å²) in [7, 11) is 0. The average Bonchev–Trinajstić information content (AvgIpc) is 2.90. The van der Waals surface area contributed by atoms with Crippen LogP contribution in [0, 0.1) is 11.6 Å². The van der Waals surface area contributed by atoms with Gasteiger partial charge in [-0.05, 0) is 30.3 Å². The second-order valence-corrected chi connectivity index (χ2v) is 5.29. The minimum atomic E-state index is -0.566. The molecule has 5 nitrogen and oxygen atoms in total. The van der Waals surface area contributed by atoms with Crippen LogP contribution in [-0.2, 0) is 9.59 Å². The van der Waals surface area contributed by atoms with E-state index in [9.17, 15) is 18.4 Å². The molecule has 1 aromatic carbocycles. The van der Waals surface area contributed by atoms with Crippen LogP contribution in [0.5, 0.6) is 5.75 Å². The van der Waals surface area contributed by atoms with E-state index in [0.717, 1.165) is 18.2 Å². The second kappa shape index (κ2) is 6.74. The standard InChI is InChI=1S/C17H14F2N2O3/c18-11-1-3-14(19)13(9-11)15-4-2-12(10-20-15)24-8-7-21-16(22)5-6-17(21)23/h1-4,9-10H,5-8H2. The van der Waals surface area contributed by atoms with E-state index in [2.05, 4.69) is 4.98 Å². The molecular formula is C17H14F2N2O3. The maximum Gasteiger partial charge on any atom is 0.229 e. The number of amides is 2. The van der Waals surface area contributed by atoms with E-state index >= 15 is 0 Å². The third-order valence-corrected chi connectivity index (χ3v) is 3.68. The molecule has 0 unspecified atom stereocenters. The maximum atomic E-state index is 13.7. The lowest BCUT2D eigenvalue weighted by atomic mass is 10.1. The quantitative estimate of drug-likeness (QED) is 0.790. The van der Waals surface area contributed by atoms with Crippen molar-refractivity contribution in [3.05, 3.63) is 48.2 Å². The number of carbonyl (C=O) groups excluding carboxylic acids is 2. The zero-order chi connectivity index (χ0) is 17.1. The molecule has 7 heteroatoms. The molecule has 24 heavy (non-hydrogen) atoms. The number of rotatable bonds is 5. The predicted molar refractivity (Wildman–Crippen MR) is 81.0 cm³/mol. The predicted octanol–water partition coefficient (Wildman–Crippen LogP) is 2.55. The molecule has 0 atom stereocenters. The molecule has 1 aliphatic rings. The van der Waals surface area contributed by atoms with Crippen LogP contribution in [0.1, 0.15) is 12.8 Å². The van der Waals surface area contributed by atoms with E-state index in [1.54, 1.807) is 6.07 Å². The number of imide groups is 1. The van der Waals surface area contributed by atoms with Crippen molar-refractivity contribution >= 4 is 11.8 Å². The number of hydrogen-bond acceptors (Lipinski definition) is 4. The molecule has 1 fully saturated rings. The molecule has 0 saturated carbocycles. The fourth-order valence-electron chi connectivity index (χ4n) is 2.45. The van der Waals surface area contributed by atoms with Gasteiger partial charge in [-0.2, -0.15) is 0 Å². The first kappa shape index (κ1) is 16.0. The molecule has 0 spiro atoms. The van der Waals surface area contributed by atoms with Gasteiger partial charge in [0.25, 0.3) is 0 Å². The topological polar surface area (TPSA) is 59.5 Å². The second-order valence-electron chi connectivity index (χ2n) is 5.29. The van der Waals surface area contributed by atoms with Gasteiger partial charge in [0.1, 0.15) is 24.0 Å². The minimum absolute atomic E-state index is 0.0646. The van der Waals surface area contributed by atoms with E-state index in [1.165, 1.54) is 17.2 Å². The summed E-state index contributed by atoms with van der Waals surface area (Å²) in [6.07, 6.45) is 1.87. The van der Waals surface area contributed by atoms with E-state index < -0.39 is 11.6 Å². The number of halogens is 2. The van der Waals surface area contributed by atoms with Gasteiger partial charge in [0.05, 0.1) is 18.4 Å². The van der Waals surface area contributed by atoms with Crippen LogP contribution in [-0.4, -0.2) is 34.8 Å². The van der Waals surface area contributed by atoms with Gasteiger partial charge >= 0.3 is 0 Å². The zero-order valence-corrected chi connectivity index (χ0v) is 12.7. The Morgan fingerprint density at radius 1 is 1.08 bits per heavy atom. The monoisotopic (exact) mass is 332 g/mol. The molecule has 1 aromatic heterocycles. The third kappa shape index (κ3) is 3.40. The Labute approximate surface area is 136 Å². The summed E-state index contributed by atoms with van der Waals surface area (Å²) < 4.78 is 32.3. The Morgan fingerprint density at radius 2 is 1.83 bits per heavy atom. The molecule has 2 aromatic rings. The smallest absolute Gasteiger partial charge is 0.229 e. The van der Waals surface area contributed by atoms with Crippen LogP contribution in [0.25, 0.3) is 11.3 Å². The van der Waals surface area contributed by atoms with Crippen molar-refractivity contribution in [3.8, 4) is 17.0 Å². The Kier molecular flexibility index (Phi) is 4.50. The molecule has 1 aliphatic heterocycles. The lowest BCUT2D eigenvalue weighted by Crippen LogP contribution is -2.33. The first-order valence-corrected chi connectivity index (χ1v) is 7.42. The number of aromatic nitrogens is 1. The summed E-state index contributed by atoms with van der Waals surface area (Å²) in [6.45, 7) is 0.324. The first-order chi connectivity index (χ1) is 11.5. The molecule has 0 radical (unpaired) electrons. The van der Waals surface area contributed by atoms with Gasteiger partial charge in [0.2, 0.25) is 11.8 Å². The van der Waals surface area contributed by atoms with Crippen LogP contribution in [0.2, 0.25) is 0 Å². The highest BCUT2D eigenvalue weighted by Gasteiger charge is 2.28. The Morgan fingerprint density at radius 3 is 2.50 bits per heavy atom. The largest absolute Gasteiger partial charge is 0.490 e. The number of ether oxygens (including phenoxy) is 1. The Balaban J connectivity index is 1.61. The van der Waals surface area contributed by atoms with Crippen molar-refractivity contribution in [2.75, 3.05) is 13.2 Å². The lowest BCUT2D eigenvalue weighted by Gasteiger charge is -2.14. The van der Waals surface area contributed by atoms with Crippen LogP contribution in [0.3, 0.4) is 0 Å². The van der Waals surface area contributed by atoms with Crippen molar-refractivity contribution in [2.45, 2.75) is 12.8 Å². The number of carbonyl (C=O) groups is 2. The van der Waals surface area contributed by atoms with E-state index in [4.69, 9.17) is 4.74 Å². The summed E-state index contributed by atoms with van der Waals surface area (Å²) in [5, 5.41) is 0. The number of benzene rings is 1. The van der Waals surface area contributed by atoms with Gasteiger partial charge in [0.15, 0.2) is 0 Å². The summed E-state index contributed by atoms with van der Waals surface area (Å²) in [5.41, 5.74) is 0.346. The molecule has 0 N–H and O–H groups in total. The molecule has 3 rings (SSSR count). The molecule has 0 aliphatic carbocycles. The fourth-order valence-corrected chi connectivity index (χ4v) is 2.45. The van der Waals surface area contributed by atoms with Crippen molar-refractivity contribution in [1.29, 1.82) is 0 Å². The normalized spacial score (nSPS) is 14.3. The third-order valence-electron chi connectivity index (χ3n) is 3.68. The summed E-state index contributed by atoms with van der Waals surface area (Å²) in [4.78, 5) is 28.1. The van der Waals surface area contributed by atoms with Gasteiger partial charge in [-0.25, -0.2) is 8.78 Å². The van der Waals surface area contributed by atoms with E-state index in [0.29, 0.717) is 5.75 Å². The molecular weight excluding hydrogens is 318 g/mol. The fraction of sp³-hybridized carbons (Fsp3) is 0.235. The maximum absolute atomic E-state index is 13.7. The van der Waals surface area contributed by atoms with Crippen molar-refractivity contribution in [1.82, 2.24) is 9.88 Å². The zero-order valence-electron chi connectivity index (χ0n) is 12.7. The summed E-state index contributed by atoms with van der Waals surface area (Å²) in [5.74, 6) is -1.09. The van der Waals surface area contributed by atoms with Gasteiger partial charge in [-0.1, -0.05) is 0 Å². The average molecular weight is 332 g/mol. The number of nitrogens with zero attached hydrogens (tertiary/aromatic N) is 2. The van der Waals surface area contributed by atoms with Gasteiger partial charge in [0, 0.05) is 18.4 Å². The van der Waals surface area contributed by atoms with Gasteiger partial charge in [-0.15, -0.1) is 0 Å². The molecule has 2 amide bonds. The highest BCUT2D eigenvalue weighted by Crippen LogP contribution is 2.23. The number of hydrogen-bond donors (Lipinski definition) is 0. The molecule has 2 heterocycles. The molecule has 124 valence electrons. The van der Waals surface area contributed by atoms with E-state index in [1.807, 2.05) is 0 Å². The van der Waals surface area contributed by atoms with Crippen LogP contribution in [0.4, 0.5) is 8.78 Å². The van der Waals surface area contributed by atoms with Crippen LogP contribution in [0.15, 0.2) is 36.5 Å². The highest BCUT2D eigenvalue weighted by atomic mass is 19.1. The summed E-state index contributed by atoms with van der Waals surface area (Å²) >= 11 is 0. The van der Waals surface area contributed by atoms with Crippen molar-refractivity contribution < 1.29 is 23.1 Å². The molecule has 0 bridgehead atoms. The SMILES string of the molecule is O=C1CCC(=O)N1CCOc1ccc(-c2cc(F)ccc2F)nc1.